The van der Waals surface area contributed by atoms with Crippen LogP contribution in [0.5, 0.6) is 11.5 Å². The molecular formula is C50H34F6O2. The summed E-state index contributed by atoms with van der Waals surface area (Å²) in [6.07, 6.45) is -9.82. The lowest BCUT2D eigenvalue weighted by Gasteiger charge is -2.12. The van der Waals surface area contributed by atoms with Crippen LogP contribution in [0.1, 0.15) is 66.8 Å². The number of alkyl halides is 6. The van der Waals surface area contributed by atoms with Gasteiger partial charge in [0.05, 0.1) is 25.3 Å². The summed E-state index contributed by atoms with van der Waals surface area (Å²) in [7, 11) is 3.31. The summed E-state index contributed by atoms with van der Waals surface area (Å²) >= 11 is 0. The van der Waals surface area contributed by atoms with Gasteiger partial charge in [0.2, 0.25) is 0 Å². The van der Waals surface area contributed by atoms with Gasteiger partial charge in [0, 0.05) is 44.5 Å². The fourth-order valence-electron chi connectivity index (χ4n) is 5.27. The van der Waals surface area contributed by atoms with Gasteiger partial charge in [-0.15, -0.1) is 0 Å². The number of hydrogen-bond acceptors (Lipinski definition) is 2. The van der Waals surface area contributed by atoms with E-state index in [1.807, 2.05) is 105 Å². The molecule has 0 spiro atoms. The highest BCUT2D eigenvalue weighted by molar-refractivity contribution is 5.51. The van der Waals surface area contributed by atoms with E-state index in [0.29, 0.717) is 23.3 Å². The van der Waals surface area contributed by atoms with Crippen molar-refractivity contribution in [3.05, 3.63) is 200 Å². The van der Waals surface area contributed by atoms with Gasteiger partial charge in [-0.3, -0.25) is 0 Å². The Morgan fingerprint density at radius 3 is 0.828 bits per heavy atom. The summed E-state index contributed by atoms with van der Waals surface area (Å²) in [6.45, 7) is 3.96. The first-order chi connectivity index (χ1) is 27.7. The van der Waals surface area contributed by atoms with Crippen LogP contribution in [0.2, 0.25) is 0 Å². The second-order valence-corrected chi connectivity index (χ2v) is 12.8. The molecule has 0 aliphatic heterocycles. The minimum atomic E-state index is -4.91. The molecule has 58 heavy (non-hydrogen) atoms. The Morgan fingerprint density at radius 2 is 0.569 bits per heavy atom. The molecule has 6 aromatic carbocycles. The van der Waals surface area contributed by atoms with E-state index in [2.05, 4.69) is 47.4 Å². The van der Waals surface area contributed by atoms with Gasteiger partial charge in [0.1, 0.15) is 11.5 Å². The predicted octanol–water partition coefficient (Wildman–Crippen LogP) is 11.6. The second kappa shape index (κ2) is 19.1. The van der Waals surface area contributed by atoms with Crippen LogP contribution in [0.15, 0.2) is 133 Å². The second-order valence-electron chi connectivity index (χ2n) is 12.8. The molecule has 0 atom stereocenters. The average molecular weight is 781 g/mol. The van der Waals surface area contributed by atoms with E-state index < -0.39 is 23.5 Å². The molecule has 0 bridgehead atoms. The third kappa shape index (κ3) is 12.9. The molecule has 0 saturated carbocycles. The zero-order valence-electron chi connectivity index (χ0n) is 31.8. The smallest absolute Gasteiger partial charge is 0.416 e. The van der Waals surface area contributed by atoms with Crippen molar-refractivity contribution in [2.75, 3.05) is 14.2 Å². The molecule has 6 aromatic rings. The molecule has 0 aromatic heterocycles. The number of rotatable bonds is 2. The van der Waals surface area contributed by atoms with Gasteiger partial charge in [0.15, 0.2) is 0 Å². The first-order valence-electron chi connectivity index (χ1n) is 17.6. The molecule has 0 fully saturated rings. The quantitative estimate of drug-likeness (QED) is 0.129. The number of hydrogen-bond donors (Lipinski definition) is 0. The highest BCUT2D eigenvalue weighted by atomic mass is 19.4. The van der Waals surface area contributed by atoms with Crippen LogP contribution in [0.4, 0.5) is 26.3 Å². The van der Waals surface area contributed by atoms with Crippen molar-refractivity contribution in [1.82, 2.24) is 0 Å². The van der Waals surface area contributed by atoms with Crippen LogP contribution in [-0.2, 0) is 12.4 Å². The molecule has 6 rings (SSSR count). The van der Waals surface area contributed by atoms with Crippen molar-refractivity contribution < 1.29 is 35.8 Å². The van der Waals surface area contributed by atoms with Crippen molar-refractivity contribution >= 4 is 0 Å². The third-order valence-corrected chi connectivity index (χ3v) is 8.16. The Balaban J connectivity index is 0.000000226. The molecule has 0 aliphatic rings. The fourth-order valence-corrected chi connectivity index (χ4v) is 5.27. The normalized spacial score (nSPS) is 10.4. The van der Waals surface area contributed by atoms with Crippen LogP contribution in [-0.4, -0.2) is 14.2 Å². The minimum absolute atomic E-state index is 0.0777. The van der Waals surface area contributed by atoms with E-state index in [9.17, 15) is 26.3 Å². The standard InChI is InChI=1S/C26H16F6.C24H18O2/c1-17-11-18(2)13-21(12-17)9-7-19-3-5-20(6-4-19)8-10-22-14-23(25(27,28)29)16-24(15-22)26(30,31)32;1-25-23-15-11-21(12-16-23)9-7-19-3-5-20(6-4-19)8-10-22-13-17-24(26-2)18-14-22/h3-6,11-16H,1-2H3;3-6,11-18H,1-2H3. The summed E-state index contributed by atoms with van der Waals surface area (Å²) in [4.78, 5) is 0. The van der Waals surface area contributed by atoms with Crippen LogP contribution >= 0.6 is 0 Å². The summed E-state index contributed by atoms with van der Waals surface area (Å²) < 4.78 is 88.0. The van der Waals surface area contributed by atoms with Crippen molar-refractivity contribution in [3.63, 3.8) is 0 Å². The molecule has 2 nitrogen and oxygen atoms in total. The fraction of sp³-hybridized carbons (Fsp3) is 0.120. The molecule has 0 radical (unpaired) electrons. The number of ether oxygens (including phenoxy) is 2. The molecule has 0 unspecified atom stereocenters. The predicted molar refractivity (Wildman–Crippen MR) is 215 cm³/mol. The van der Waals surface area contributed by atoms with Crippen molar-refractivity contribution in [2.24, 2.45) is 0 Å². The van der Waals surface area contributed by atoms with E-state index in [-0.39, 0.29) is 11.6 Å². The Hall–Kier alpha value is -7.26. The first-order valence-corrected chi connectivity index (χ1v) is 17.6. The lowest BCUT2D eigenvalue weighted by Crippen LogP contribution is -2.11. The molecule has 0 N–H and O–H groups in total. The largest absolute Gasteiger partial charge is 0.497 e. The lowest BCUT2D eigenvalue weighted by molar-refractivity contribution is -0.143. The zero-order valence-corrected chi connectivity index (χ0v) is 31.8. The molecule has 0 amide bonds. The average Bonchev–Trinajstić information content (AvgIpc) is 3.21. The van der Waals surface area contributed by atoms with Crippen molar-refractivity contribution in [1.29, 1.82) is 0 Å². The van der Waals surface area contributed by atoms with Gasteiger partial charge in [-0.1, -0.05) is 53.4 Å². The van der Waals surface area contributed by atoms with Crippen molar-refractivity contribution in [3.8, 4) is 58.9 Å². The SMILES string of the molecule is COc1ccc(C#Cc2ccc(C#Cc3ccc(OC)cc3)cc2)cc1.Cc1cc(C)cc(C#Cc2ccc(C#Cc3cc(C(F)(F)F)cc(C(F)(F)F)c3)cc2)c1. The lowest BCUT2D eigenvalue weighted by atomic mass is 10.0. The van der Waals surface area contributed by atoms with E-state index in [4.69, 9.17) is 9.47 Å². The summed E-state index contributed by atoms with van der Waals surface area (Å²) in [5, 5.41) is 0. The van der Waals surface area contributed by atoms with Crippen LogP contribution in [0.25, 0.3) is 0 Å². The van der Waals surface area contributed by atoms with Crippen LogP contribution in [0.3, 0.4) is 0 Å². The summed E-state index contributed by atoms with van der Waals surface area (Å²) in [5.74, 6) is 25.3. The Bertz CT molecular complexity index is 2470. The van der Waals surface area contributed by atoms with Crippen LogP contribution < -0.4 is 9.47 Å². The molecule has 0 heterocycles. The van der Waals surface area contributed by atoms with E-state index in [0.717, 1.165) is 50.4 Å². The van der Waals surface area contributed by atoms with Crippen LogP contribution in [0, 0.1) is 61.2 Å². The molecule has 288 valence electrons. The highest BCUT2D eigenvalue weighted by Gasteiger charge is 2.36. The number of aryl methyl sites for hydroxylation is 2. The molecular weight excluding hydrogens is 747 g/mol. The van der Waals surface area contributed by atoms with Gasteiger partial charge >= 0.3 is 12.4 Å². The topological polar surface area (TPSA) is 18.5 Å². The van der Waals surface area contributed by atoms with E-state index in [1.54, 1.807) is 38.5 Å². The van der Waals surface area contributed by atoms with Crippen molar-refractivity contribution in [2.45, 2.75) is 26.2 Å². The van der Waals surface area contributed by atoms with E-state index in [1.165, 1.54) is 0 Å². The maximum absolute atomic E-state index is 13.0. The Labute approximate surface area is 334 Å². The van der Waals surface area contributed by atoms with Gasteiger partial charge in [0.25, 0.3) is 0 Å². The Kier molecular flexibility index (Phi) is 13.8. The molecule has 8 heteroatoms. The third-order valence-electron chi connectivity index (χ3n) is 8.16. The molecule has 0 saturated heterocycles. The molecule has 0 aliphatic carbocycles. The number of halogens is 6. The Morgan fingerprint density at radius 1 is 0.328 bits per heavy atom. The number of benzene rings is 6. The maximum atomic E-state index is 13.0. The highest BCUT2D eigenvalue weighted by Crippen LogP contribution is 2.36. The van der Waals surface area contributed by atoms with Gasteiger partial charge in [-0.25, -0.2) is 0 Å². The summed E-state index contributed by atoms with van der Waals surface area (Å²) in [5.41, 5.74) is 4.87. The number of methoxy groups -OCH3 is 2. The van der Waals surface area contributed by atoms with Gasteiger partial charge < -0.3 is 9.47 Å². The maximum Gasteiger partial charge on any atom is 0.416 e. The van der Waals surface area contributed by atoms with Gasteiger partial charge in [-0.2, -0.15) is 26.3 Å². The first kappa shape index (κ1) is 41.9. The van der Waals surface area contributed by atoms with E-state index >= 15 is 0 Å². The summed E-state index contributed by atoms with van der Waals surface area (Å²) in [6, 6.07) is 37.2. The zero-order chi connectivity index (χ0) is 41.7. The monoisotopic (exact) mass is 780 g/mol. The van der Waals surface area contributed by atoms with Gasteiger partial charge in [-0.05, 0) is 152 Å². The minimum Gasteiger partial charge on any atom is -0.497 e.